The largest absolute Gasteiger partial charge is 0.416 e. The molecule has 0 aliphatic rings. The van der Waals surface area contributed by atoms with Crippen molar-refractivity contribution in [3.05, 3.63) is 138 Å². The van der Waals surface area contributed by atoms with Gasteiger partial charge in [-0.25, -0.2) is 0 Å². The number of hydrogen-bond acceptors (Lipinski definition) is 10. The second-order valence-corrected chi connectivity index (χ2v) is 16.6. The Kier molecular flexibility index (Phi) is 17.6. The number of benzene rings is 5. The van der Waals surface area contributed by atoms with Crippen LogP contribution in [0.15, 0.2) is 105 Å². The summed E-state index contributed by atoms with van der Waals surface area (Å²) in [6.07, 6.45) is -8.89. The molecule has 0 bridgehead atoms. The van der Waals surface area contributed by atoms with E-state index in [0.717, 1.165) is 50.2 Å². The highest BCUT2D eigenvalue weighted by Crippen LogP contribution is 2.37. The maximum atomic E-state index is 13.6. The summed E-state index contributed by atoms with van der Waals surface area (Å²) >= 11 is 24.6. The topological polar surface area (TPSA) is 200 Å². The van der Waals surface area contributed by atoms with E-state index in [4.69, 9.17) is 46.4 Å². The van der Waals surface area contributed by atoms with Crippen LogP contribution in [0.2, 0.25) is 20.1 Å². The van der Waals surface area contributed by atoms with Crippen molar-refractivity contribution in [2.75, 3.05) is 21.3 Å². The number of ketones is 2. The van der Waals surface area contributed by atoms with Crippen molar-refractivity contribution >= 4 is 116 Å². The van der Waals surface area contributed by atoms with Crippen molar-refractivity contribution in [1.29, 1.82) is 0 Å². The smallest absolute Gasteiger partial charge is 0.323 e. The van der Waals surface area contributed by atoms with Crippen molar-refractivity contribution in [3.8, 4) is 0 Å². The third-order valence-corrected chi connectivity index (χ3v) is 11.2. The minimum absolute atomic E-state index is 0.0595. The first kappa shape index (κ1) is 54.2. The minimum atomic E-state index is -4.71. The first-order valence-corrected chi connectivity index (χ1v) is 21.9. The Morgan fingerprint density at radius 1 is 0.486 bits per heavy atom. The molecule has 0 aliphatic carbocycles. The van der Waals surface area contributed by atoms with Gasteiger partial charge in [-0.05, 0) is 123 Å². The molecular formula is C46H36Cl4F6N8O6. The molecule has 0 fully saturated rings. The molecule has 4 N–H and O–H groups in total. The molecule has 24 heteroatoms. The number of nitrogens with zero attached hydrogens (tertiary/aromatic N) is 4. The Labute approximate surface area is 414 Å². The summed E-state index contributed by atoms with van der Waals surface area (Å²) in [4.78, 5) is 78.7. The highest BCUT2D eigenvalue weighted by atomic mass is 35.5. The van der Waals surface area contributed by atoms with E-state index < -0.39 is 70.8 Å². The SMILES string of the molecule is CCc1cc(NC(=O)C(N=Nc2cc(C(=O)Nc3cc(C(F)(F)F)ccc3Cl)ccc2Cl)C(C)=O)c(CC)cc1NC(=O)C(N=Nc1cc(C(=O)Nc2cc(C(F)(F)F)ccc2Cl)ccc1Cl)C(C)=O. The van der Waals surface area contributed by atoms with Crippen LogP contribution in [-0.2, 0) is 44.4 Å². The average Bonchev–Trinajstić information content (AvgIpc) is 3.28. The van der Waals surface area contributed by atoms with Gasteiger partial charge in [0.05, 0.1) is 42.6 Å². The average molecular weight is 1050 g/mol. The molecule has 2 unspecified atom stereocenters. The molecule has 0 saturated heterocycles. The molecule has 0 spiro atoms. The lowest BCUT2D eigenvalue weighted by Crippen LogP contribution is -2.33. The number of aryl methyl sites for hydroxylation is 2. The van der Waals surface area contributed by atoms with E-state index in [1.54, 1.807) is 13.8 Å². The van der Waals surface area contributed by atoms with Crippen LogP contribution >= 0.6 is 46.4 Å². The number of alkyl halides is 6. The lowest BCUT2D eigenvalue weighted by atomic mass is 10.0. The normalized spacial score (nSPS) is 12.7. The van der Waals surface area contributed by atoms with E-state index in [0.29, 0.717) is 23.3 Å². The second-order valence-electron chi connectivity index (χ2n) is 14.9. The molecule has 366 valence electrons. The summed E-state index contributed by atoms with van der Waals surface area (Å²) in [6.45, 7) is 5.62. The fourth-order valence-corrected chi connectivity index (χ4v) is 6.87. The van der Waals surface area contributed by atoms with Gasteiger partial charge in [0, 0.05) is 22.5 Å². The Hall–Kier alpha value is -6.74. The Morgan fingerprint density at radius 3 is 1.14 bits per heavy atom. The molecule has 0 aromatic heterocycles. The number of halogens is 10. The molecule has 0 aliphatic heterocycles. The van der Waals surface area contributed by atoms with Gasteiger partial charge in [0.15, 0.2) is 11.6 Å². The van der Waals surface area contributed by atoms with Crippen LogP contribution in [-0.4, -0.2) is 47.3 Å². The second kappa shape index (κ2) is 22.8. The first-order valence-electron chi connectivity index (χ1n) is 20.4. The summed E-state index contributed by atoms with van der Waals surface area (Å²) in [5, 5.41) is 25.1. The van der Waals surface area contributed by atoms with Crippen LogP contribution in [0.3, 0.4) is 0 Å². The molecule has 5 rings (SSSR count). The van der Waals surface area contributed by atoms with Gasteiger partial charge in [0.25, 0.3) is 23.6 Å². The number of carbonyl (C=O) groups excluding carboxylic acids is 6. The molecule has 70 heavy (non-hydrogen) atoms. The predicted molar refractivity (Wildman–Crippen MR) is 252 cm³/mol. The molecule has 0 saturated carbocycles. The van der Waals surface area contributed by atoms with Crippen LogP contribution in [0, 0.1) is 0 Å². The Balaban J connectivity index is 1.32. The number of rotatable bonds is 16. The molecule has 5 aromatic carbocycles. The zero-order valence-electron chi connectivity index (χ0n) is 36.7. The van der Waals surface area contributed by atoms with Gasteiger partial charge in [-0.15, -0.1) is 0 Å². The van der Waals surface area contributed by atoms with Crippen molar-refractivity contribution < 1.29 is 55.1 Å². The summed E-state index contributed by atoms with van der Waals surface area (Å²) in [7, 11) is 0. The fourth-order valence-electron chi connectivity index (χ4n) is 6.23. The standard InChI is InChI=1S/C46H36Cl4F6N8O6/c1-5-23-15-34(58-44(70)40(22(4)66)64-62-38-18-26(8-12-32(38)50)42(68)60-36-20-28(46(54,55)56)10-14-30(36)48)24(6-2)16-33(23)57-43(69)39(21(3)65)63-61-37-17-25(7-11-31(37)49)41(67)59-35-19-27(45(51,52)53)9-13-29(35)47/h7-20,39-40H,5-6H2,1-4H3,(H,57,69)(H,58,70)(H,59,67)(H,60,68). The third-order valence-electron chi connectivity index (χ3n) is 9.94. The molecule has 5 aromatic rings. The van der Waals surface area contributed by atoms with Gasteiger partial charge in [0.1, 0.15) is 11.4 Å². The van der Waals surface area contributed by atoms with Gasteiger partial charge >= 0.3 is 12.4 Å². The lowest BCUT2D eigenvalue weighted by Gasteiger charge is -2.18. The van der Waals surface area contributed by atoms with Gasteiger partial charge in [-0.1, -0.05) is 60.3 Å². The molecule has 14 nitrogen and oxygen atoms in total. The summed E-state index contributed by atoms with van der Waals surface area (Å²) in [5.41, 5.74) is -2.00. The Bertz CT molecular complexity index is 2770. The van der Waals surface area contributed by atoms with E-state index in [2.05, 4.69) is 41.7 Å². The van der Waals surface area contributed by atoms with E-state index in [9.17, 15) is 55.1 Å². The fraction of sp³-hybridized carbons (Fsp3) is 0.217. The van der Waals surface area contributed by atoms with Crippen LogP contribution < -0.4 is 21.3 Å². The van der Waals surface area contributed by atoms with Crippen molar-refractivity contribution in [1.82, 2.24) is 0 Å². The highest BCUT2D eigenvalue weighted by Gasteiger charge is 2.33. The van der Waals surface area contributed by atoms with E-state index in [-0.39, 0.29) is 78.2 Å². The quantitative estimate of drug-likeness (QED) is 0.0430. The summed E-state index contributed by atoms with van der Waals surface area (Å²) in [6, 6.07) is 11.6. The molecular weight excluding hydrogens is 1020 g/mol. The number of azo groups is 2. The number of carbonyl (C=O) groups is 6. The zero-order valence-corrected chi connectivity index (χ0v) is 39.7. The van der Waals surface area contributed by atoms with E-state index in [1.807, 2.05) is 0 Å². The van der Waals surface area contributed by atoms with Crippen molar-refractivity contribution in [2.45, 2.75) is 65.0 Å². The molecule has 2 atom stereocenters. The lowest BCUT2D eigenvalue weighted by molar-refractivity contribution is -0.138. The monoisotopic (exact) mass is 1050 g/mol. The highest BCUT2D eigenvalue weighted by molar-refractivity contribution is 6.35. The van der Waals surface area contributed by atoms with E-state index >= 15 is 0 Å². The Morgan fingerprint density at radius 2 is 0.829 bits per heavy atom. The first-order chi connectivity index (χ1) is 32.8. The third kappa shape index (κ3) is 13.7. The zero-order chi connectivity index (χ0) is 51.8. The molecule has 0 heterocycles. The summed E-state index contributed by atoms with van der Waals surface area (Å²) in [5.74, 6) is -5.12. The number of amides is 4. The maximum absolute atomic E-state index is 13.6. The molecule has 4 amide bonds. The number of Topliss-reactive ketones (excluding diaryl/α,β-unsaturated/α-hetero) is 2. The van der Waals surface area contributed by atoms with Gasteiger partial charge in [0.2, 0.25) is 12.1 Å². The van der Waals surface area contributed by atoms with Crippen LogP contribution in [0.1, 0.15) is 70.7 Å². The van der Waals surface area contributed by atoms with Crippen molar-refractivity contribution in [3.63, 3.8) is 0 Å². The number of hydrogen-bond donors (Lipinski definition) is 4. The van der Waals surface area contributed by atoms with Crippen molar-refractivity contribution in [2.24, 2.45) is 20.5 Å². The van der Waals surface area contributed by atoms with Crippen LogP contribution in [0.25, 0.3) is 0 Å². The number of nitrogens with one attached hydrogen (secondary N) is 4. The van der Waals surface area contributed by atoms with Crippen LogP contribution in [0.4, 0.5) is 60.5 Å². The summed E-state index contributed by atoms with van der Waals surface area (Å²) < 4.78 is 79.7. The van der Waals surface area contributed by atoms with Gasteiger partial charge in [-0.3, -0.25) is 28.8 Å². The maximum Gasteiger partial charge on any atom is 0.416 e. The van der Waals surface area contributed by atoms with E-state index in [1.165, 1.54) is 36.4 Å². The van der Waals surface area contributed by atoms with Crippen LogP contribution in [0.5, 0.6) is 0 Å². The molecule has 0 radical (unpaired) electrons. The predicted octanol–water partition coefficient (Wildman–Crippen LogP) is 13.3. The van der Waals surface area contributed by atoms with Gasteiger partial charge in [-0.2, -0.15) is 46.8 Å². The number of anilines is 4. The minimum Gasteiger partial charge on any atom is -0.323 e. The van der Waals surface area contributed by atoms with Gasteiger partial charge < -0.3 is 21.3 Å².